The average Bonchev–Trinajstić information content (AvgIpc) is 3.23. The van der Waals surface area contributed by atoms with Crippen molar-refractivity contribution in [1.29, 1.82) is 0 Å². The van der Waals surface area contributed by atoms with E-state index >= 15 is 0 Å². The number of hydrogen-bond donors (Lipinski definition) is 1. The van der Waals surface area contributed by atoms with Gasteiger partial charge in [0.2, 0.25) is 0 Å². The van der Waals surface area contributed by atoms with Gasteiger partial charge in [0, 0.05) is 37.0 Å². The Morgan fingerprint density at radius 3 is 2.61 bits per heavy atom. The molecule has 0 unspecified atom stereocenters. The molecule has 31 heavy (non-hydrogen) atoms. The number of nitrogen functional groups attached to an aromatic ring is 1. The summed E-state index contributed by atoms with van der Waals surface area (Å²) in [5, 5.41) is 5.08. The van der Waals surface area contributed by atoms with E-state index in [9.17, 15) is 13.6 Å². The maximum absolute atomic E-state index is 13.3. The Morgan fingerprint density at radius 2 is 1.90 bits per heavy atom. The quantitative estimate of drug-likeness (QED) is 0.541. The van der Waals surface area contributed by atoms with Crippen LogP contribution in [0.2, 0.25) is 0 Å². The molecule has 3 aromatic heterocycles. The minimum atomic E-state index is -2.65. The molecule has 4 aromatic rings. The summed E-state index contributed by atoms with van der Waals surface area (Å²) in [6, 6.07) is 10.6. The van der Waals surface area contributed by atoms with Gasteiger partial charge in [0.15, 0.2) is 0 Å². The van der Waals surface area contributed by atoms with Crippen LogP contribution in [0, 0.1) is 0 Å². The predicted molar refractivity (Wildman–Crippen MR) is 113 cm³/mol. The number of benzene rings is 1. The molecule has 1 aromatic carbocycles. The number of anilines is 1. The summed E-state index contributed by atoms with van der Waals surface area (Å²) in [5.41, 5.74) is 8.61. The summed E-state index contributed by atoms with van der Waals surface area (Å²) in [5.74, 6) is 0.582. The van der Waals surface area contributed by atoms with E-state index in [2.05, 4.69) is 4.98 Å². The molecule has 5 rings (SSSR count). The van der Waals surface area contributed by atoms with Crippen LogP contribution in [0.15, 0.2) is 47.4 Å². The number of nitrogens with zero attached hydrogens (tertiary/aromatic N) is 4. The lowest BCUT2D eigenvalue weighted by atomic mass is 9.97. The van der Waals surface area contributed by atoms with Crippen molar-refractivity contribution in [2.45, 2.75) is 31.7 Å². The summed E-state index contributed by atoms with van der Waals surface area (Å²) in [6.45, 7) is 0.593. The van der Waals surface area contributed by atoms with Gasteiger partial charge in [-0.2, -0.15) is 5.10 Å². The smallest absolute Gasteiger partial charge is 0.261 e. The third kappa shape index (κ3) is 3.54. The minimum absolute atomic E-state index is 0.170. The zero-order valence-electron chi connectivity index (χ0n) is 16.7. The Hall–Kier alpha value is -3.33. The first kappa shape index (κ1) is 19.6. The molecule has 1 aliphatic heterocycles. The largest absolute Gasteiger partial charge is 0.384 e. The van der Waals surface area contributed by atoms with Crippen LogP contribution < -0.4 is 11.3 Å². The molecule has 0 radical (unpaired) electrons. The molecule has 0 saturated carbocycles. The van der Waals surface area contributed by atoms with E-state index in [1.54, 1.807) is 35.0 Å². The van der Waals surface area contributed by atoms with Crippen molar-refractivity contribution in [2.24, 2.45) is 0 Å². The number of fused-ring (bicyclic) bond motifs is 3. The number of aromatic nitrogens is 4. The predicted octanol–water partition coefficient (Wildman–Crippen LogP) is 3.45. The first-order valence-electron chi connectivity index (χ1n) is 10.2. The molecule has 7 nitrogen and oxygen atoms in total. The molecule has 160 valence electrons. The molecule has 1 aliphatic rings. The molecule has 0 bridgehead atoms. The molecule has 0 atom stereocenters. The van der Waals surface area contributed by atoms with E-state index in [-0.39, 0.29) is 5.92 Å². The number of nitrogens with two attached hydrogens (primary N) is 1. The maximum atomic E-state index is 13.3. The van der Waals surface area contributed by atoms with Gasteiger partial charge in [-0.3, -0.25) is 9.36 Å². The zero-order valence-corrected chi connectivity index (χ0v) is 16.7. The van der Waals surface area contributed by atoms with Crippen molar-refractivity contribution >= 4 is 22.4 Å². The van der Waals surface area contributed by atoms with Crippen molar-refractivity contribution in [3.8, 4) is 11.1 Å². The van der Waals surface area contributed by atoms with Gasteiger partial charge in [0.05, 0.1) is 23.1 Å². The fourth-order valence-electron chi connectivity index (χ4n) is 4.16. The highest BCUT2D eigenvalue weighted by Gasteiger charge is 2.22. The first-order valence-corrected chi connectivity index (χ1v) is 10.2. The Balaban J connectivity index is 1.75. The molecule has 4 heterocycles. The number of halogens is 2. The van der Waals surface area contributed by atoms with Crippen molar-refractivity contribution in [2.75, 3.05) is 18.9 Å². The van der Waals surface area contributed by atoms with Gasteiger partial charge < -0.3 is 10.5 Å². The van der Waals surface area contributed by atoms with Crippen LogP contribution in [0.4, 0.5) is 14.6 Å². The van der Waals surface area contributed by atoms with E-state index in [0.29, 0.717) is 35.6 Å². The first-order chi connectivity index (χ1) is 15.0. The normalized spacial score (nSPS) is 15.3. The Bertz CT molecular complexity index is 1310. The molecule has 0 amide bonds. The van der Waals surface area contributed by atoms with Gasteiger partial charge in [0.25, 0.3) is 12.0 Å². The van der Waals surface area contributed by atoms with Crippen LogP contribution in [0.25, 0.3) is 27.7 Å². The summed E-state index contributed by atoms with van der Waals surface area (Å²) < 4.78 is 34.7. The summed E-state index contributed by atoms with van der Waals surface area (Å²) in [4.78, 5) is 17.2. The van der Waals surface area contributed by atoms with Crippen molar-refractivity contribution in [1.82, 2.24) is 19.2 Å². The molecule has 9 heteroatoms. The number of hydrogen-bond acceptors (Lipinski definition) is 5. The second-order valence-electron chi connectivity index (χ2n) is 7.74. The van der Waals surface area contributed by atoms with Gasteiger partial charge in [-0.1, -0.05) is 6.07 Å². The molecular weight excluding hydrogens is 404 g/mol. The number of pyridine rings is 1. The summed E-state index contributed by atoms with van der Waals surface area (Å²) in [6.07, 6.45) is 0.620. The standard InChI is InChI=1S/C22H21F2N5O2/c23-19(24)12-28-21-10-17(13-5-7-31-8-6-13)27-29(21)18-9-14(1-3-16(18)22(28)30)15-2-4-20(25)26-11-15/h1-4,9-11,13,19H,5-8,12H2,(H2,25,26). The second kappa shape index (κ2) is 7.73. The maximum Gasteiger partial charge on any atom is 0.261 e. The molecular formula is C22H21F2N5O2. The van der Waals surface area contributed by atoms with Crippen LogP contribution in [0.5, 0.6) is 0 Å². The average molecular weight is 425 g/mol. The Labute approximate surface area is 176 Å². The lowest BCUT2D eigenvalue weighted by Crippen LogP contribution is -2.25. The highest BCUT2D eigenvalue weighted by atomic mass is 19.3. The van der Waals surface area contributed by atoms with E-state index in [0.717, 1.165) is 34.2 Å². The van der Waals surface area contributed by atoms with Crippen molar-refractivity contribution in [3.63, 3.8) is 0 Å². The lowest BCUT2D eigenvalue weighted by molar-refractivity contribution is 0.0844. The fourth-order valence-corrected chi connectivity index (χ4v) is 4.16. The van der Waals surface area contributed by atoms with E-state index in [1.807, 2.05) is 12.1 Å². The van der Waals surface area contributed by atoms with Crippen molar-refractivity contribution < 1.29 is 13.5 Å². The fraction of sp³-hybridized carbons (Fsp3) is 0.318. The number of ether oxygens (including phenoxy) is 1. The number of rotatable bonds is 4. The van der Waals surface area contributed by atoms with Crippen LogP contribution >= 0.6 is 0 Å². The topological polar surface area (TPSA) is 87.4 Å². The van der Waals surface area contributed by atoms with Crippen molar-refractivity contribution in [3.05, 3.63) is 58.6 Å². The monoisotopic (exact) mass is 425 g/mol. The zero-order chi connectivity index (χ0) is 21.5. The van der Waals surface area contributed by atoms with Crippen LogP contribution in [0.1, 0.15) is 24.5 Å². The third-order valence-electron chi connectivity index (χ3n) is 5.77. The van der Waals surface area contributed by atoms with Gasteiger partial charge in [-0.15, -0.1) is 0 Å². The Morgan fingerprint density at radius 1 is 1.13 bits per heavy atom. The van der Waals surface area contributed by atoms with Gasteiger partial charge >= 0.3 is 0 Å². The number of alkyl halides is 2. The molecule has 1 saturated heterocycles. The SMILES string of the molecule is Nc1ccc(-c2ccc3c(=O)n(CC(F)F)c4cc(C5CCOCC5)nn4c3c2)cn1. The molecule has 0 aliphatic carbocycles. The van der Waals surface area contributed by atoms with Crippen LogP contribution in [0.3, 0.4) is 0 Å². The third-order valence-corrected chi connectivity index (χ3v) is 5.77. The molecule has 1 fully saturated rings. The van der Waals surface area contributed by atoms with Gasteiger partial charge in [-0.05, 0) is 42.7 Å². The van der Waals surface area contributed by atoms with Crippen LogP contribution in [-0.2, 0) is 11.3 Å². The van der Waals surface area contributed by atoms with Gasteiger partial charge in [0.1, 0.15) is 11.5 Å². The van der Waals surface area contributed by atoms with E-state index in [1.165, 1.54) is 0 Å². The second-order valence-corrected chi connectivity index (χ2v) is 7.74. The van der Waals surface area contributed by atoms with Gasteiger partial charge in [-0.25, -0.2) is 18.3 Å². The lowest BCUT2D eigenvalue weighted by Gasteiger charge is -2.19. The summed E-state index contributed by atoms with van der Waals surface area (Å²) >= 11 is 0. The summed E-state index contributed by atoms with van der Waals surface area (Å²) in [7, 11) is 0. The molecule has 0 spiro atoms. The highest BCUT2D eigenvalue weighted by molar-refractivity contribution is 5.85. The highest BCUT2D eigenvalue weighted by Crippen LogP contribution is 2.29. The van der Waals surface area contributed by atoms with E-state index in [4.69, 9.17) is 15.6 Å². The Kier molecular flexibility index (Phi) is 4.90. The molecule has 2 N–H and O–H groups in total. The minimum Gasteiger partial charge on any atom is -0.384 e. The van der Waals surface area contributed by atoms with Crippen LogP contribution in [-0.4, -0.2) is 38.8 Å². The van der Waals surface area contributed by atoms with E-state index < -0.39 is 18.5 Å².